The molecule has 0 saturated carbocycles. The van der Waals surface area contributed by atoms with Crippen LogP contribution in [0, 0.1) is 5.92 Å². The topological polar surface area (TPSA) is 85.1 Å². The van der Waals surface area contributed by atoms with Crippen molar-refractivity contribution in [1.82, 2.24) is 5.32 Å². The molecule has 0 saturated heterocycles. The summed E-state index contributed by atoms with van der Waals surface area (Å²) >= 11 is 1.55. The van der Waals surface area contributed by atoms with Gasteiger partial charge in [-0.25, -0.2) is 0 Å². The quantitative estimate of drug-likeness (QED) is 0.499. The Balaban J connectivity index is 2.41. The second-order valence-electron chi connectivity index (χ2n) is 4.66. The zero-order valence-electron chi connectivity index (χ0n) is 11.0. The van der Waals surface area contributed by atoms with Crippen LogP contribution in [0.2, 0.25) is 0 Å². The lowest BCUT2D eigenvalue weighted by Crippen LogP contribution is -2.40. The normalized spacial score (nSPS) is 24.5. The van der Waals surface area contributed by atoms with Gasteiger partial charge in [0.15, 0.2) is 5.17 Å². The first-order chi connectivity index (χ1) is 8.60. The van der Waals surface area contributed by atoms with Crippen LogP contribution < -0.4 is 5.32 Å². The summed E-state index contributed by atoms with van der Waals surface area (Å²) in [5.41, 5.74) is 0. The van der Waals surface area contributed by atoms with Crippen molar-refractivity contribution in [3.63, 3.8) is 0 Å². The average Bonchev–Trinajstić information content (AvgIpc) is 2.79. The predicted octanol–water partition coefficient (Wildman–Crippen LogP) is 0.198. The van der Waals surface area contributed by atoms with Crippen molar-refractivity contribution in [3.8, 4) is 0 Å². The molecule has 4 N–H and O–H groups in total. The van der Waals surface area contributed by atoms with E-state index in [0.29, 0.717) is 6.54 Å². The molecule has 0 aromatic rings. The van der Waals surface area contributed by atoms with Gasteiger partial charge >= 0.3 is 0 Å². The molecular weight excluding hydrogens is 252 g/mol. The fourth-order valence-electron chi connectivity index (χ4n) is 1.89. The predicted molar refractivity (Wildman–Crippen MR) is 74.9 cm³/mol. The van der Waals surface area contributed by atoms with E-state index in [1.54, 1.807) is 11.8 Å². The molecule has 18 heavy (non-hydrogen) atoms. The molecule has 0 amide bonds. The zero-order valence-corrected chi connectivity index (χ0v) is 11.9. The van der Waals surface area contributed by atoms with Gasteiger partial charge in [-0.2, -0.15) is 0 Å². The molecule has 1 aliphatic heterocycles. The Hall–Kier alpha value is -0.300. The highest BCUT2D eigenvalue weighted by Gasteiger charge is 2.34. The van der Waals surface area contributed by atoms with Gasteiger partial charge in [0, 0.05) is 24.3 Å². The van der Waals surface area contributed by atoms with Crippen LogP contribution in [0.3, 0.4) is 0 Å². The molecule has 1 heterocycles. The second-order valence-corrected chi connectivity index (χ2v) is 5.89. The zero-order chi connectivity index (χ0) is 13.5. The highest BCUT2D eigenvalue weighted by Crippen LogP contribution is 2.29. The van der Waals surface area contributed by atoms with E-state index in [0.717, 1.165) is 24.6 Å². The monoisotopic (exact) mass is 276 g/mol. The van der Waals surface area contributed by atoms with Gasteiger partial charge < -0.3 is 20.6 Å². The van der Waals surface area contributed by atoms with Crippen molar-refractivity contribution in [2.45, 2.75) is 44.1 Å². The Labute approximate surface area is 113 Å². The molecule has 0 spiro atoms. The Morgan fingerprint density at radius 3 is 2.78 bits per heavy atom. The van der Waals surface area contributed by atoms with E-state index in [9.17, 15) is 15.3 Å². The Morgan fingerprint density at radius 2 is 2.22 bits per heavy atom. The summed E-state index contributed by atoms with van der Waals surface area (Å²) in [7, 11) is 0. The molecule has 0 fully saturated rings. The van der Waals surface area contributed by atoms with Crippen LogP contribution in [-0.2, 0) is 0 Å². The lowest BCUT2D eigenvalue weighted by atomic mass is 9.95. The average molecular weight is 276 g/mol. The molecule has 0 aromatic heterocycles. The minimum Gasteiger partial charge on any atom is -0.396 e. The van der Waals surface area contributed by atoms with Crippen molar-refractivity contribution >= 4 is 16.9 Å². The van der Waals surface area contributed by atoms with Crippen molar-refractivity contribution in [2.24, 2.45) is 10.9 Å². The number of aliphatic imine (C=N–C) groups is 1. The number of amidine groups is 1. The third-order valence-electron chi connectivity index (χ3n) is 3.11. The molecular formula is C12H24N2O3S. The van der Waals surface area contributed by atoms with E-state index >= 15 is 0 Å². The van der Waals surface area contributed by atoms with Gasteiger partial charge in [0.1, 0.15) is 0 Å². The van der Waals surface area contributed by atoms with Gasteiger partial charge in [0.05, 0.1) is 18.8 Å². The number of thioether (sulfide) groups is 1. The van der Waals surface area contributed by atoms with Crippen LogP contribution in [0.5, 0.6) is 0 Å². The number of nitrogens with zero attached hydrogens (tertiary/aromatic N) is 1. The fourth-order valence-corrected chi connectivity index (χ4v) is 3.08. The van der Waals surface area contributed by atoms with Crippen molar-refractivity contribution in [1.29, 1.82) is 0 Å². The highest BCUT2D eigenvalue weighted by molar-refractivity contribution is 8.14. The number of unbranched alkanes of at least 4 members (excludes halogenated alkanes) is 1. The van der Waals surface area contributed by atoms with Gasteiger partial charge in [-0.3, -0.25) is 4.99 Å². The summed E-state index contributed by atoms with van der Waals surface area (Å²) in [5, 5.41) is 32.8. The molecule has 6 heteroatoms. The van der Waals surface area contributed by atoms with Gasteiger partial charge in [-0.05, 0) is 13.3 Å². The SMILES string of the molecule is CCCCNC1=NCC([C@H](CO)[C@@H](O)[C@@H](C)O)S1. The van der Waals surface area contributed by atoms with E-state index in [4.69, 9.17) is 0 Å². The summed E-state index contributed by atoms with van der Waals surface area (Å²) in [6, 6.07) is 0. The van der Waals surface area contributed by atoms with Gasteiger partial charge in [0.25, 0.3) is 0 Å². The lowest BCUT2D eigenvalue weighted by molar-refractivity contribution is -0.0229. The smallest absolute Gasteiger partial charge is 0.156 e. The summed E-state index contributed by atoms with van der Waals surface area (Å²) in [6.07, 6.45) is 0.496. The minimum atomic E-state index is -0.905. The number of aliphatic hydroxyl groups is 3. The maximum Gasteiger partial charge on any atom is 0.156 e. The second kappa shape index (κ2) is 7.99. The van der Waals surface area contributed by atoms with E-state index in [1.807, 2.05) is 0 Å². The van der Waals surface area contributed by atoms with Crippen LogP contribution in [0.4, 0.5) is 0 Å². The van der Waals surface area contributed by atoms with Crippen molar-refractivity contribution in [3.05, 3.63) is 0 Å². The standard InChI is InChI=1S/C12H24N2O3S/c1-3-4-5-13-12-14-6-10(18-12)9(7-15)11(17)8(2)16/h8-11,15-17H,3-7H2,1-2H3,(H,13,14)/t8-,9+,10?,11+/m1/s1. The number of nitrogens with one attached hydrogen (secondary N) is 1. The van der Waals surface area contributed by atoms with E-state index in [-0.39, 0.29) is 17.8 Å². The summed E-state index contributed by atoms with van der Waals surface area (Å²) in [5.74, 6) is -0.343. The van der Waals surface area contributed by atoms with E-state index in [2.05, 4.69) is 17.2 Å². The first kappa shape index (κ1) is 15.8. The van der Waals surface area contributed by atoms with Crippen LogP contribution in [0.15, 0.2) is 4.99 Å². The molecule has 0 bridgehead atoms. The van der Waals surface area contributed by atoms with Crippen molar-refractivity contribution < 1.29 is 15.3 Å². The molecule has 4 atom stereocenters. The molecule has 106 valence electrons. The first-order valence-corrected chi connectivity index (χ1v) is 7.40. The molecule has 0 aromatic carbocycles. The Bertz CT molecular complexity index is 274. The maximum absolute atomic E-state index is 9.85. The van der Waals surface area contributed by atoms with E-state index < -0.39 is 12.2 Å². The molecule has 0 radical (unpaired) electrons. The largest absolute Gasteiger partial charge is 0.396 e. The third kappa shape index (κ3) is 4.42. The highest BCUT2D eigenvalue weighted by atomic mass is 32.2. The molecule has 1 unspecified atom stereocenters. The molecule has 1 aliphatic rings. The number of hydrogen-bond donors (Lipinski definition) is 4. The molecule has 1 rings (SSSR count). The lowest BCUT2D eigenvalue weighted by Gasteiger charge is -2.27. The van der Waals surface area contributed by atoms with Gasteiger partial charge in [0.2, 0.25) is 0 Å². The minimum absolute atomic E-state index is 0.0312. The summed E-state index contributed by atoms with van der Waals surface area (Å²) in [6.45, 7) is 5.01. The van der Waals surface area contributed by atoms with Gasteiger partial charge in [-0.1, -0.05) is 25.1 Å². The van der Waals surface area contributed by atoms with Crippen LogP contribution >= 0.6 is 11.8 Å². The molecule has 0 aliphatic carbocycles. The van der Waals surface area contributed by atoms with Gasteiger partial charge in [-0.15, -0.1) is 0 Å². The third-order valence-corrected chi connectivity index (χ3v) is 4.40. The summed E-state index contributed by atoms with van der Waals surface area (Å²) in [4.78, 5) is 4.36. The number of aliphatic hydroxyl groups excluding tert-OH is 3. The molecule has 5 nitrogen and oxygen atoms in total. The maximum atomic E-state index is 9.85. The first-order valence-electron chi connectivity index (χ1n) is 6.52. The van der Waals surface area contributed by atoms with Crippen molar-refractivity contribution in [2.75, 3.05) is 19.7 Å². The Morgan fingerprint density at radius 1 is 1.50 bits per heavy atom. The van der Waals surface area contributed by atoms with E-state index in [1.165, 1.54) is 6.92 Å². The number of rotatable bonds is 7. The summed E-state index contributed by atoms with van der Waals surface area (Å²) < 4.78 is 0. The van der Waals surface area contributed by atoms with Crippen LogP contribution in [0.1, 0.15) is 26.7 Å². The fraction of sp³-hybridized carbons (Fsp3) is 0.917. The number of hydrogen-bond acceptors (Lipinski definition) is 6. The van der Waals surface area contributed by atoms with Crippen LogP contribution in [-0.4, -0.2) is 57.6 Å². The Kier molecular flexibility index (Phi) is 6.99. The van der Waals surface area contributed by atoms with Crippen LogP contribution in [0.25, 0.3) is 0 Å².